The molecule has 0 spiro atoms. The second-order valence-electron chi connectivity index (χ2n) is 6.44. The van der Waals surface area contributed by atoms with Crippen LogP contribution in [0.25, 0.3) is 0 Å². The molecule has 0 saturated heterocycles. The number of carbonyl (C=O) groups excluding carboxylic acids is 1. The van der Waals surface area contributed by atoms with Crippen molar-refractivity contribution in [1.82, 2.24) is 4.72 Å². The van der Waals surface area contributed by atoms with Crippen LogP contribution < -0.4 is 10.0 Å². The van der Waals surface area contributed by atoms with E-state index >= 15 is 0 Å². The van der Waals surface area contributed by atoms with E-state index in [4.69, 9.17) is 0 Å². The largest absolute Gasteiger partial charge is 0.324 e. The molecule has 0 radical (unpaired) electrons. The highest BCUT2D eigenvalue weighted by Crippen LogP contribution is 2.17. The van der Waals surface area contributed by atoms with E-state index in [1.54, 1.807) is 30.3 Å². The van der Waals surface area contributed by atoms with Crippen molar-refractivity contribution in [3.63, 3.8) is 0 Å². The van der Waals surface area contributed by atoms with E-state index in [0.717, 1.165) is 24.3 Å². The molecule has 0 bridgehead atoms. The first-order valence-electron chi connectivity index (χ1n) is 8.82. The summed E-state index contributed by atoms with van der Waals surface area (Å²) in [6, 6.07) is 14.3. The van der Waals surface area contributed by atoms with Crippen LogP contribution in [0, 0.1) is 17.5 Å². The predicted octanol–water partition coefficient (Wildman–Crippen LogP) is 3.63. The van der Waals surface area contributed by atoms with Crippen LogP contribution in [0.15, 0.2) is 77.7 Å². The Labute approximate surface area is 171 Å². The van der Waals surface area contributed by atoms with E-state index in [1.165, 1.54) is 12.1 Å². The highest BCUT2D eigenvalue weighted by Gasteiger charge is 2.28. The summed E-state index contributed by atoms with van der Waals surface area (Å²) < 4.78 is 68.4. The van der Waals surface area contributed by atoms with Gasteiger partial charge in [-0.15, -0.1) is 0 Å². The lowest BCUT2D eigenvalue weighted by atomic mass is 10.1. The molecule has 0 heterocycles. The summed E-state index contributed by atoms with van der Waals surface area (Å²) in [5, 5.41) is 2.29. The predicted molar refractivity (Wildman–Crippen MR) is 106 cm³/mol. The first kappa shape index (κ1) is 21.5. The standard InChI is InChI=1S/C21H17F3N2O3S/c22-15-11-16(23)13-17(12-15)25-21(27)19(10-14-6-2-1-3-7-14)26-30(28,29)20-9-5-4-8-18(20)24/h1-9,11-13,19,26H,10H2,(H,25,27)/t19-/m0/s1. The molecule has 30 heavy (non-hydrogen) atoms. The van der Waals surface area contributed by atoms with E-state index in [1.807, 2.05) is 0 Å². The van der Waals surface area contributed by atoms with Crippen molar-refractivity contribution in [2.45, 2.75) is 17.4 Å². The number of sulfonamides is 1. The molecule has 0 aliphatic carbocycles. The quantitative estimate of drug-likeness (QED) is 0.596. The molecule has 0 saturated carbocycles. The molecule has 0 unspecified atom stereocenters. The Morgan fingerprint density at radius 1 is 0.867 bits per heavy atom. The summed E-state index contributed by atoms with van der Waals surface area (Å²) in [4.78, 5) is 12.1. The molecule has 9 heteroatoms. The van der Waals surface area contributed by atoms with E-state index in [0.29, 0.717) is 11.6 Å². The molecular formula is C21H17F3N2O3S. The van der Waals surface area contributed by atoms with E-state index in [9.17, 15) is 26.4 Å². The van der Waals surface area contributed by atoms with Crippen LogP contribution >= 0.6 is 0 Å². The molecule has 3 aromatic carbocycles. The molecular weight excluding hydrogens is 417 g/mol. The minimum absolute atomic E-state index is 0.0713. The van der Waals surface area contributed by atoms with Gasteiger partial charge >= 0.3 is 0 Å². The van der Waals surface area contributed by atoms with Crippen LogP contribution in [-0.4, -0.2) is 20.4 Å². The molecule has 1 amide bonds. The van der Waals surface area contributed by atoms with Crippen molar-refractivity contribution >= 4 is 21.6 Å². The summed E-state index contributed by atoms with van der Waals surface area (Å²) in [5.74, 6) is -3.64. The number of hydrogen-bond donors (Lipinski definition) is 2. The Morgan fingerprint density at radius 2 is 1.47 bits per heavy atom. The fraction of sp³-hybridized carbons (Fsp3) is 0.0952. The topological polar surface area (TPSA) is 75.3 Å². The van der Waals surface area contributed by atoms with Crippen LogP contribution in [0.4, 0.5) is 18.9 Å². The van der Waals surface area contributed by atoms with E-state index in [-0.39, 0.29) is 12.1 Å². The Kier molecular flexibility index (Phi) is 6.53. The zero-order valence-electron chi connectivity index (χ0n) is 15.5. The van der Waals surface area contributed by atoms with Crippen molar-refractivity contribution in [2.24, 2.45) is 0 Å². The lowest BCUT2D eigenvalue weighted by molar-refractivity contribution is -0.117. The Morgan fingerprint density at radius 3 is 2.10 bits per heavy atom. The highest BCUT2D eigenvalue weighted by molar-refractivity contribution is 7.89. The maximum Gasteiger partial charge on any atom is 0.244 e. The van der Waals surface area contributed by atoms with Crippen molar-refractivity contribution < 1.29 is 26.4 Å². The average Bonchev–Trinajstić information content (AvgIpc) is 2.67. The monoisotopic (exact) mass is 434 g/mol. The van der Waals surface area contributed by atoms with Gasteiger partial charge < -0.3 is 5.32 Å². The molecule has 0 aliphatic heterocycles. The SMILES string of the molecule is O=C(Nc1cc(F)cc(F)c1)[C@H](Cc1ccccc1)NS(=O)(=O)c1ccccc1F. The van der Waals surface area contributed by atoms with Crippen molar-refractivity contribution in [1.29, 1.82) is 0 Å². The van der Waals surface area contributed by atoms with E-state index in [2.05, 4.69) is 10.0 Å². The fourth-order valence-corrected chi connectivity index (χ4v) is 4.08. The van der Waals surface area contributed by atoms with Gasteiger partial charge in [0.2, 0.25) is 15.9 Å². The molecule has 156 valence electrons. The van der Waals surface area contributed by atoms with Crippen LogP contribution in [0.3, 0.4) is 0 Å². The first-order chi connectivity index (χ1) is 14.2. The number of rotatable bonds is 7. The van der Waals surface area contributed by atoms with Crippen LogP contribution in [0.5, 0.6) is 0 Å². The molecule has 0 fully saturated rings. The molecule has 1 atom stereocenters. The van der Waals surface area contributed by atoms with Gasteiger partial charge in [0.1, 0.15) is 28.4 Å². The summed E-state index contributed by atoms with van der Waals surface area (Å²) in [6.07, 6.45) is -0.0713. The molecule has 0 aromatic heterocycles. The van der Waals surface area contributed by atoms with Crippen LogP contribution in [0.1, 0.15) is 5.56 Å². The molecule has 0 aliphatic rings. The summed E-state index contributed by atoms with van der Waals surface area (Å²) in [5.41, 5.74) is 0.444. The fourth-order valence-electron chi connectivity index (χ4n) is 2.81. The third-order valence-electron chi connectivity index (χ3n) is 4.15. The second-order valence-corrected chi connectivity index (χ2v) is 8.12. The average molecular weight is 434 g/mol. The maximum atomic E-state index is 14.0. The lowest BCUT2D eigenvalue weighted by Gasteiger charge is -2.19. The summed E-state index contributed by atoms with van der Waals surface area (Å²) in [6.45, 7) is 0. The first-order valence-corrected chi connectivity index (χ1v) is 10.3. The van der Waals surface area contributed by atoms with Gasteiger partial charge in [0.15, 0.2) is 0 Å². The van der Waals surface area contributed by atoms with Crippen molar-refractivity contribution in [3.05, 3.63) is 95.8 Å². The third kappa shape index (κ3) is 5.46. The Balaban J connectivity index is 1.90. The summed E-state index contributed by atoms with van der Waals surface area (Å²) >= 11 is 0. The van der Waals surface area contributed by atoms with Gasteiger partial charge in [0.25, 0.3) is 0 Å². The maximum absolute atomic E-state index is 14.0. The van der Waals surface area contributed by atoms with Gasteiger partial charge in [0.05, 0.1) is 0 Å². The number of anilines is 1. The molecule has 3 aromatic rings. The molecule has 5 nitrogen and oxygen atoms in total. The number of carbonyl (C=O) groups is 1. The number of benzene rings is 3. The molecule has 3 rings (SSSR count). The third-order valence-corrected chi connectivity index (χ3v) is 5.66. The van der Waals surface area contributed by atoms with E-state index < -0.39 is 44.3 Å². The van der Waals surface area contributed by atoms with Crippen LogP contribution in [-0.2, 0) is 21.2 Å². The second kappa shape index (κ2) is 9.10. The zero-order chi connectivity index (χ0) is 21.7. The lowest BCUT2D eigenvalue weighted by Crippen LogP contribution is -2.45. The highest BCUT2D eigenvalue weighted by atomic mass is 32.2. The minimum atomic E-state index is -4.40. The van der Waals surface area contributed by atoms with Crippen molar-refractivity contribution in [2.75, 3.05) is 5.32 Å². The zero-order valence-corrected chi connectivity index (χ0v) is 16.3. The Hall–Kier alpha value is -3.17. The van der Waals surface area contributed by atoms with Gasteiger partial charge in [0, 0.05) is 11.8 Å². The van der Waals surface area contributed by atoms with Gasteiger partial charge in [-0.3, -0.25) is 4.79 Å². The normalized spacial score (nSPS) is 12.4. The van der Waals surface area contributed by atoms with Crippen molar-refractivity contribution in [3.8, 4) is 0 Å². The number of nitrogens with one attached hydrogen (secondary N) is 2. The Bertz CT molecular complexity index is 1130. The van der Waals surface area contributed by atoms with Gasteiger partial charge in [-0.05, 0) is 36.2 Å². The number of amides is 1. The molecule has 2 N–H and O–H groups in total. The van der Waals surface area contributed by atoms with Gasteiger partial charge in [-0.1, -0.05) is 42.5 Å². The van der Waals surface area contributed by atoms with Gasteiger partial charge in [-0.25, -0.2) is 21.6 Å². The number of hydrogen-bond acceptors (Lipinski definition) is 3. The number of halogens is 3. The summed E-state index contributed by atoms with van der Waals surface area (Å²) in [7, 11) is -4.40. The minimum Gasteiger partial charge on any atom is -0.324 e. The van der Waals surface area contributed by atoms with Gasteiger partial charge in [-0.2, -0.15) is 4.72 Å². The van der Waals surface area contributed by atoms with Crippen LogP contribution in [0.2, 0.25) is 0 Å². The smallest absolute Gasteiger partial charge is 0.244 e.